The van der Waals surface area contributed by atoms with Crippen LogP contribution >= 0.6 is 0 Å². The van der Waals surface area contributed by atoms with Crippen molar-refractivity contribution in [1.29, 1.82) is 0 Å². The van der Waals surface area contributed by atoms with Gasteiger partial charge in [0.05, 0.1) is 0 Å². The number of hydrogen-bond acceptors (Lipinski definition) is 2. The van der Waals surface area contributed by atoms with E-state index < -0.39 is 11.9 Å². The highest BCUT2D eigenvalue weighted by atomic mass is 16.4. The van der Waals surface area contributed by atoms with Crippen LogP contribution in [0.25, 0.3) is 0 Å². The van der Waals surface area contributed by atoms with Crippen LogP contribution in [0.2, 0.25) is 0 Å². The van der Waals surface area contributed by atoms with E-state index in [-0.39, 0.29) is 11.6 Å². The van der Waals surface area contributed by atoms with E-state index in [4.69, 9.17) is 5.11 Å². The fraction of sp³-hybridized carbons (Fsp3) is 0.231. The van der Waals surface area contributed by atoms with Gasteiger partial charge in [-0.15, -0.1) is 0 Å². The Morgan fingerprint density at radius 3 is 2.29 bits per heavy atom. The smallest absolute Gasteiger partial charge is 0.352 e. The molecule has 0 fully saturated rings. The molecule has 0 aliphatic heterocycles. The zero-order valence-corrected chi connectivity index (χ0v) is 9.81. The summed E-state index contributed by atoms with van der Waals surface area (Å²) in [5.41, 5.74) is 0.345. The van der Waals surface area contributed by atoms with Crippen LogP contribution in [0.5, 0.6) is 0 Å². The molecule has 17 heavy (non-hydrogen) atoms. The molecule has 0 spiro atoms. The number of benzene rings is 1. The number of amides is 1. The molecule has 0 aliphatic rings. The summed E-state index contributed by atoms with van der Waals surface area (Å²) in [6.45, 7) is 3.69. The average molecular weight is 233 g/mol. The monoisotopic (exact) mass is 233 g/mol. The van der Waals surface area contributed by atoms with Crippen LogP contribution in [-0.2, 0) is 4.79 Å². The van der Waals surface area contributed by atoms with Gasteiger partial charge in [0.25, 0.3) is 5.91 Å². The summed E-state index contributed by atoms with van der Waals surface area (Å²) < 4.78 is 0. The normalized spacial score (nSPS) is 11.4. The van der Waals surface area contributed by atoms with Gasteiger partial charge in [-0.05, 0) is 18.1 Å². The molecule has 0 aromatic heterocycles. The van der Waals surface area contributed by atoms with Gasteiger partial charge in [-0.25, -0.2) is 4.79 Å². The largest absolute Gasteiger partial charge is 0.477 e. The van der Waals surface area contributed by atoms with E-state index >= 15 is 0 Å². The van der Waals surface area contributed by atoms with Crippen LogP contribution in [0.4, 0.5) is 0 Å². The van der Waals surface area contributed by atoms with E-state index in [2.05, 4.69) is 5.32 Å². The van der Waals surface area contributed by atoms with Gasteiger partial charge in [-0.2, -0.15) is 0 Å². The number of allylic oxidation sites excluding steroid dienone is 1. The third-order valence-electron chi connectivity index (χ3n) is 2.01. The lowest BCUT2D eigenvalue weighted by Gasteiger charge is -2.07. The van der Waals surface area contributed by atoms with Crippen molar-refractivity contribution in [3.05, 3.63) is 47.7 Å². The Balaban J connectivity index is 2.83. The first kappa shape index (κ1) is 13.0. The Morgan fingerprint density at radius 2 is 1.82 bits per heavy atom. The van der Waals surface area contributed by atoms with Gasteiger partial charge < -0.3 is 10.4 Å². The number of carboxylic acid groups (broad SMARTS) is 1. The van der Waals surface area contributed by atoms with Crippen LogP contribution in [0.1, 0.15) is 24.2 Å². The lowest BCUT2D eigenvalue weighted by Crippen LogP contribution is -2.27. The third kappa shape index (κ3) is 4.10. The molecule has 0 saturated heterocycles. The topological polar surface area (TPSA) is 66.4 Å². The van der Waals surface area contributed by atoms with Crippen LogP contribution in [0.15, 0.2) is 42.1 Å². The molecule has 1 amide bonds. The fourth-order valence-electron chi connectivity index (χ4n) is 1.28. The minimum atomic E-state index is -1.14. The number of nitrogens with one attached hydrogen (secondary N) is 1. The molecule has 0 atom stereocenters. The van der Waals surface area contributed by atoms with E-state index in [1.165, 1.54) is 6.08 Å². The van der Waals surface area contributed by atoms with Crippen LogP contribution in [-0.4, -0.2) is 17.0 Å². The number of aliphatic carboxylic acids is 1. The van der Waals surface area contributed by atoms with Gasteiger partial charge in [-0.1, -0.05) is 38.1 Å². The molecular formula is C13H15NO3. The summed E-state index contributed by atoms with van der Waals surface area (Å²) in [6.07, 6.45) is 1.50. The van der Waals surface area contributed by atoms with Gasteiger partial charge >= 0.3 is 5.97 Å². The number of carboxylic acids is 1. The third-order valence-corrected chi connectivity index (χ3v) is 2.01. The summed E-state index contributed by atoms with van der Waals surface area (Å²) in [6, 6.07) is 8.50. The highest BCUT2D eigenvalue weighted by molar-refractivity contribution is 6.00. The Bertz CT molecular complexity index is 435. The van der Waals surface area contributed by atoms with Crippen molar-refractivity contribution >= 4 is 11.9 Å². The van der Waals surface area contributed by atoms with Crippen LogP contribution < -0.4 is 5.32 Å². The van der Waals surface area contributed by atoms with Crippen molar-refractivity contribution in [3.8, 4) is 0 Å². The second-order valence-electron chi connectivity index (χ2n) is 3.95. The molecule has 0 unspecified atom stereocenters. The molecule has 1 rings (SSSR count). The lowest BCUT2D eigenvalue weighted by molar-refractivity contribution is -0.133. The zero-order chi connectivity index (χ0) is 12.8. The van der Waals surface area contributed by atoms with E-state index in [0.717, 1.165) is 0 Å². The highest BCUT2D eigenvalue weighted by Gasteiger charge is 2.13. The number of carbonyl (C=O) groups excluding carboxylic acids is 1. The molecule has 0 aliphatic carbocycles. The molecular weight excluding hydrogens is 218 g/mol. The Morgan fingerprint density at radius 1 is 1.24 bits per heavy atom. The predicted molar refractivity (Wildman–Crippen MR) is 64.5 cm³/mol. The summed E-state index contributed by atoms with van der Waals surface area (Å²) in [7, 11) is 0. The molecule has 1 aromatic rings. The van der Waals surface area contributed by atoms with Crippen molar-refractivity contribution in [1.82, 2.24) is 5.32 Å². The predicted octanol–water partition coefficient (Wildman–Crippen LogP) is 2.04. The second-order valence-corrected chi connectivity index (χ2v) is 3.95. The van der Waals surface area contributed by atoms with Crippen molar-refractivity contribution < 1.29 is 14.7 Å². The number of rotatable bonds is 4. The lowest BCUT2D eigenvalue weighted by atomic mass is 10.1. The SMILES string of the molecule is CC(C)/C=C(/NC(=O)c1ccccc1)C(=O)O. The standard InChI is InChI=1S/C13H15NO3/c1-9(2)8-11(13(16)17)14-12(15)10-6-4-3-5-7-10/h3-9H,1-2H3,(H,14,15)(H,16,17)/b11-8+. The summed E-state index contributed by atoms with van der Waals surface area (Å²) in [4.78, 5) is 22.6. The molecule has 0 heterocycles. The van der Waals surface area contributed by atoms with E-state index in [1.54, 1.807) is 30.3 Å². The highest BCUT2D eigenvalue weighted by Crippen LogP contribution is 2.03. The Labute approximate surface area is 100.0 Å². The number of carbonyl (C=O) groups is 2. The Hall–Kier alpha value is -2.10. The van der Waals surface area contributed by atoms with Crippen molar-refractivity contribution in [3.63, 3.8) is 0 Å². The first-order chi connectivity index (χ1) is 8.00. The molecule has 1 aromatic carbocycles. The molecule has 90 valence electrons. The summed E-state index contributed by atoms with van der Waals surface area (Å²) in [5, 5.41) is 11.3. The minimum absolute atomic E-state index is 0.0529. The van der Waals surface area contributed by atoms with Gasteiger partial charge in [0.15, 0.2) is 0 Å². The van der Waals surface area contributed by atoms with Gasteiger partial charge in [0.2, 0.25) is 0 Å². The van der Waals surface area contributed by atoms with Gasteiger partial charge in [0.1, 0.15) is 5.70 Å². The first-order valence-electron chi connectivity index (χ1n) is 5.32. The fourth-order valence-corrected chi connectivity index (χ4v) is 1.28. The molecule has 0 radical (unpaired) electrons. The molecule has 4 heteroatoms. The molecule has 0 bridgehead atoms. The van der Waals surface area contributed by atoms with Crippen molar-refractivity contribution in [2.24, 2.45) is 5.92 Å². The van der Waals surface area contributed by atoms with E-state index in [1.807, 2.05) is 13.8 Å². The van der Waals surface area contributed by atoms with Crippen LogP contribution in [0.3, 0.4) is 0 Å². The average Bonchev–Trinajstić information content (AvgIpc) is 2.28. The maximum Gasteiger partial charge on any atom is 0.352 e. The van der Waals surface area contributed by atoms with E-state index in [0.29, 0.717) is 5.56 Å². The molecule has 0 saturated carbocycles. The molecule has 4 nitrogen and oxygen atoms in total. The minimum Gasteiger partial charge on any atom is -0.477 e. The van der Waals surface area contributed by atoms with Crippen molar-refractivity contribution in [2.75, 3.05) is 0 Å². The second kappa shape index (κ2) is 5.84. The van der Waals surface area contributed by atoms with Crippen LogP contribution in [0, 0.1) is 5.92 Å². The summed E-state index contributed by atoms with van der Waals surface area (Å²) in [5.74, 6) is -1.50. The first-order valence-corrected chi connectivity index (χ1v) is 5.32. The summed E-state index contributed by atoms with van der Waals surface area (Å²) >= 11 is 0. The Kier molecular flexibility index (Phi) is 4.46. The maximum absolute atomic E-state index is 11.7. The zero-order valence-electron chi connectivity index (χ0n) is 9.81. The molecule has 2 N–H and O–H groups in total. The quantitative estimate of drug-likeness (QED) is 0.782. The van der Waals surface area contributed by atoms with Gasteiger partial charge in [-0.3, -0.25) is 4.79 Å². The maximum atomic E-state index is 11.7. The van der Waals surface area contributed by atoms with E-state index in [9.17, 15) is 9.59 Å². The van der Waals surface area contributed by atoms with Crippen molar-refractivity contribution in [2.45, 2.75) is 13.8 Å². The van der Waals surface area contributed by atoms with Gasteiger partial charge in [0, 0.05) is 5.56 Å². The number of hydrogen-bond donors (Lipinski definition) is 2.